The number of rotatable bonds is 1. The smallest absolute Gasteiger partial charge is 0.188 e. The SMILES string of the molecule is O=C1COCc2c(CO)cccc21. The number of ether oxygens (including phenoxy) is 1. The molecule has 0 radical (unpaired) electrons. The highest BCUT2D eigenvalue weighted by atomic mass is 16.5. The summed E-state index contributed by atoms with van der Waals surface area (Å²) in [6.45, 7) is 0.541. The zero-order valence-corrected chi connectivity index (χ0v) is 7.12. The van der Waals surface area contributed by atoms with Gasteiger partial charge in [-0.3, -0.25) is 4.79 Å². The van der Waals surface area contributed by atoms with Crippen molar-refractivity contribution in [1.82, 2.24) is 0 Å². The van der Waals surface area contributed by atoms with Gasteiger partial charge in [-0.1, -0.05) is 18.2 Å². The van der Waals surface area contributed by atoms with Crippen molar-refractivity contribution in [3.05, 3.63) is 34.9 Å². The number of hydrogen-bond acceptors (Lipinski definition) is 3. The van der Waals surface area contributed by atoms with Gasteiger partial charge in [0.25, 0.3) is 0 Å². The van der Waals surface area contributed by atoms with Gasteiger partial charge < -0.3 is 9.84 Å². The van der Waals surface area contributed by atoms with Crippen LogP contribution < -0.4 is 0 Å². The van der Waals surface area contributed by atoms with Gasteiger partial charge in [-0.2, -0.15) is 0 Å². The van der Waals surface area contributed by atoms with Crippen LogP contribution in [0.2, 0.25) is 0 Å². The van der Waals surface area contributed by atoms with Gasteiger partial charge in [0.15, 0.2) is 5.78 Å². The lowest BCUT2D eigenvalue weighted by Crippen LogP contribution is -2.19. The van der Waals surface area contributed by atoms with Gasteiger partial charge in [0.05, 0.1) is 13.2 Å². The lowest BCUT2D eigenvalue weighted by molar-refractivity contribution is 0.0660. The number of carbonyl (C=O) groups excluding carboxylic acids is 1. The summed E-state index contributed by atoms with van der Waals surface area (Å²) in [6, 6.07) is 5.37. The van der Waals surface area contributed by atoms with E-state index in [-0.39, 0.29) is 19.0 Å². The lowest BCUT2D eigenvalue weighted by atomic mass is 9.97. The number of carbonyl (C=O) groups is 1. The Morgan fingerprint density at radius 2 is 2.23 bits per heavy atom. The Kier molecular flexibility index (Phi) is 2.12. The molecule has 0 aliphatic carbocycles. The molecule has 68 valence electrons. The van der Waals surface area contributed by atoms with Crippen molar-refractivity contribution >= 4 is 5.78 Å². The Labute approximate surface area is 76.0 Å². The van der Waals surface area contributed by atoms with Gasteiger partial charge in [-0.05, 0) is 11.1 Å². The van der Waals surface area contributed by atoms with E-state index >= 15 is 0 Å². The molecule has 0 saturated heterocycles. The number of ketones is 1. The molecule has 1 aromatic rings. The van der Waals surface area contributed by atoms with E-state index in [9.17, 15) is 4.79 Å². The Morgan fingerprint density at radius 1 is 1.38 bits per heavy atom. The molecule has 1 aliphatic rings. The largest absolute Gasteiger partial charge is 0.392 e. The van der Waals surface area contributed by atoms with Crippen LogP contribution in [0.4, 0.5) is 0 Å². The van der Waals surface area contributed by atoms with Gasteiger partial charge in [0.1, 0.15) is 6.61 Å². The predicted octanol–water partition coefficient (Wildman–Crippen LogP) is 0.892. The van der Waals surface area contributed by atoms with Crippen molar-refractivity contribution in [1.29, 1.82) is 0 Å². The second kappa shape index (κ2) is 3.28. The highest BCUT2D eigenvalue weighted by molar-refractivity contribution is 5.99. The molecule has 2 rings (SSSR count). The maximum absolute atomic E-state index is 11.3. The Morgan fingerprint density at radius 3 is 3.00 bits per heavy atom. The second-order valence-electron chi connectivity index (χ2n) is 3.02. The minimum Gasteiger partial charge on any atom is -0.392 e. The van der Waals surface area contributed by atoms with Crippen molar-refractivity contribution in [3.8, 4) is 0 Å². The maximum atomic E-state index is 11.3. The first-order valence-electron chi connectivity index (χ1n) is 4.15. The van der Waals surface area contributed by atoms with E-state index in [1.54, 1.807) is 18.2 Å². The molecule has 0 aromatic heterocycles. The Hall–Kier alpha value is -1.19. The molecule has 0 fully saturated rings. The molecule has 0 atom stereocenters. The number of fused-ring (bicyclic) bond motifs is 1. The van der Waals surface area contributed by atoms with Crippen molar-refractivity contribution in [3.63, 3.8) is 0 Å². The van der Waals surface area contributed by atoms with E-state index in [4.69, 9.17) is 9.84 Å². The number of Topliss-reactive ketones (excluding diaryl/α,β-unsaturated/α-hetero) is 1. The predicted molar refractivity (Wildman–Crippen MR) is 46.4 cm³/mol. The van der Waals surface area contributed by atoms with Crippen LogP contribution in [0.25, 0.3) is 0 Å². The Bertz CT molecular complexity index is 344. The van der Waals surface area contributed by atoms with Crippen molar-refractivity contribution in [2.75, 3.05) is 6.61 Å². The first kappa shape index (κ1) is 8.41. The summed E-state index contributed by atoms with van der Waals surface area (Å²) in [6.07, 6.45) is 0. The van der Waals surface area contributed by atoms with Crippen LogP contribution in [-0.2, 0) is 18.0 Å². The maximum Gasteiger partial charge on any atom is 0.188 e. The molecular formula is C10H10O3. The zero-order valence-electron chi connectivity index (χ0n) is 7.12. The van der Waals surface area contributed by atoms with Gasteiger partial charge in [-0.15, -0.1) is 0 Å². The fourth-order valence-electron chi connectivity index (χ4n) is 1.54. The molecule has 0 amide bonds. The van der Waals surface area contributed by atoms with Crippen molar-refractivity contribution in [2.24, 2.45) is 0 Å². The molecule has 3 heteroatoms. The van der Waals surface area contributed by atoms with Crippen LogP contribution in [0.15, 0.2) is 18.2 Å². The van der Waals surface area contributed by atoms with E-state index in [1.165, 1.54) is 0 Å². The molecule has 0 spiro atoms. The molecule has 0 saturated carbocycles. The number of aliphatic hydroxyl groups excluding tert-OH is 1. The van der Waals surface area contributed by atoms with Crippen molar-refractivity contribution < 1.29 is 14.6 Å². The summed E-state index contributed by atoms with van der Waals surface area (Å²) in [5.41, 5.74) is 2.31. The quantitative estimate of drug-likeness (QED) is 0.694. The minimum absolute atomic E-state index is 0.00319. The highest BCUT2D eigenvalue weighted by Crippen LogP contribution is 2.20. The van der Waals surface area contributed by atoms with Crippen LogP contribution in [0, 0.1) is 0 Å². The third kappa shape index (κ3) is 1.36. The van der Waals surface area contributed by atoms with E-state index < -0.39 is 0 Å². The number of aliphatic hydroxyl groups is 1. The number of hydrogen-bond donors (Lipinski definition) is 1. The first-order valence-corrected chi connectivity index (χ1v) is 4.15. The second-order valence-corrected chi connectivity index (χ2v) is 3.02. The van der Waals surface area contributed by atoms with Gasteiger partial charge >= 0.3 is 0 Å². The molecule has 13 heavy (non-hydrogen) atoms. The molecular weight excluding hydrogens is 168 g/mol. The highest BCUT2D eigenvalue weighted by Gasteiger charge is 2.19. The number of benzene rings is 1. The van der Waals surface area contributed by atoms with Crippen molar-refractivity contribution in [2.45, 2.75) is 13.2 Å². The molecule has 0 bridgehead atoms. The van der Waals surface area contributed by atoms with E-state index in [1.807, 2.05) is 0 Å². The van der Waals surface area contributed by atoms with Crippen LogP contribution in [0.5, 0.6) is 0 Å². The van der Waals surface area contributed by atoms with Crippen LogP contribution >= 0.6 is 0 Å². The third-order valence-corrected chi connectivity index (χ3v) is 2.22. The standard InChI is InChI=1S/C10H10O3/c11-4-7-2-1-3-8-9(7)5-13-6-10(8)12/h1-3,11H,4-6H2. The third-order valence-electron chi connectivity index (χ3n) is 2.22. The zero-order chi connectivity index (χ0) is 9.26. The molecule has 1 N–H and O–H groups in total. The summed E-state index contributed by atoms with van der Waals surface area (Å²) in [4.78, 5) is 11.3. The summed E-state index contributed by atoms with van der Waals surface area (Å²) >= 11 is 0. The molecule has 1 aliphatic heterocycles. The summed E-state index contributed by atoms with van der Waals surface area (Å²) in [7, 11) is 0. The summed E-state index contributed by atoms with van der Waals surface area (Å²) in [5.74, 6) is -0.00319. The fraction of sp³-hybridized carbons (Fsp3) is 0.300. The lowest BCUT2D eigenvalue weighted by Gasteiger charge is -2.17. The average Bonchev–Trinajstić information content (AvgIpc) is 2.18. The van der Waals surface area contributed by atoms with Gasteiger partial charge in [-0.25, -0.2) is 0 Å². The average molecular weight is 178 g/mol. The van der Waals surface area contributed by atoms with Crippen LogP contribution in [-0.4, -0.2) is 17.5 Å². The molecule has 1 aromatic carbocycles. The normalized spacial score (nSPS) is 15.6. The van der Waals surface area contributed by atoms with E-state index in [0.29, 0.717) is 12.2 Å². The molecule has 1 heterocycles. The van der Waals surface area contributed by atoms with E-state index in [0.717, 1.165) is 11.1 Å². The minimum atomic E-state index is -0.0419. The van der Waals surface area contributed by atoms with Crippen LogP contribution in [0.3, 0.4) is 0 Å². The molecule has 3 nitrogen and oxygen atoms in total. The molecule has 0 unspecified atom stereocenters. The Balaban J connectivity index is 2.54. The van der Waals surface area contributed by atoms with E-state index in [2.05, 4.69) is 0 Å². The monoisotopic (exact) mass is 178 g/mol. The van der Waals surface area contributed by atoms with Gasteiger partial charge in [0.2, 0.25) is 0 Å². The first-order chi connectivity index (χ1) is 6.33. The fourth-order valence-corrected chi connectivity index (χ4v) is 1.54. The van der Waals surface area contributed by atoms with Gasteiger partial charge in [0, 0.05) is 5.56 Å². The van der Waals surface area contributed by atoms with Crippen LogP contribution in [0.1, 0.15) is 21.5 Å². The summed E-state index contributed by atoms with van der Waals surface area (Å²) in [5, 5.41) is 9.01. The topological polar surface area (TPSA) is 46.5 Å². The summed E-state index contributed by atoms with van der Waals surface area (Å²) < 4.78 is 5.09.